The summed E-state index contributed by atoms with van der Waals surface area (Å²) in [4.78, 5) is 15.3. The van der Waals surface area contributed by atoms with Crippen molar-refractivity contribution in [2.45, 2.75) is 0 Å². The first-order valence-corrected chi connectivity index (χ1v) is 21.4. The molecule has 0 fully saturated rings. The number of nitriles is 2. The summed E-state index contributed by atoms with van der Waals surface area (Å²) in [5.74, 6) is 1.52. The number of rotatable bonds is 8. The Labute approximate surface area is 376 Å². The van der Waals surface area contributed by atoms with E-state index in [9.17, 15) is 10.5 Å². The molecule has 0 aliphatic rings. The molecule has 0 aliphatic heterocycles. The summed E-state index contributed by atoms with van der Waals surface area (Å²) in [5, 5.41) is 23.7. The van der Waals surface area contributed by atoms with Crippen LogP contribution in [0, 0.1) is 22.7 Å². The molecule has 0 amide bonds. The fourth-order valence-corrected chi connectivity index (χ4v) is 8.87. The zero-order valence-corrected chi connectivity index (χ0v) is 35.0. The standard InChI is InChI=1S/C59H36N6/c60-37-45-25-13-15-27-48(45)52-35-47(59-63-57(41-21-9-3-10-22-41)62-58(64-59)42-23-11-4-12-24-42)36-53(49-28-16-14-26-46(49)38-61)56(52)65-54-31-29-43(39-17-5-1-6-18-39)33-50(54)51-34-44(30-32-55(51)65)40-19-7-2-8-20-40/h1-36H. The normalized spacial score (nSPS) is 11.0. The minimum Gasteiger partial charge on any atom is -0.308 e. The van der Waals surface area contributed by atoms with E-state index in [0.717, 1.165) is 83.1 Å². The van der Waals surface area contributed by atoms with Gasteiger partial charge in [-0.3, -0.25) is 0 Å². The molecule has 0 saturated carbocycles. The van der Waals surface area contributed by atoms with Gasteiger partial charge >= 0.3 is 0 Å². The third-order valence-corrected chi connectivity index (χ3v) is 11.9. The topological polar surface area (TPSA) is 91.2 Å². The Morgan fingerprint density at radius 2 is 0.662 bits per heavy atom. The van der Waals surface area contributed by atoms with Crippen molar-refractivity contribution >= 4 is 21.8 Å². The second-order valence-electron chi connectivity index (χ2n) is 15.8. The molecule has 9 aromatic carbocycles. The molecule has 0 bridgehead atoms. The molecular weight excluding hydrogens is 793 g/mol. The predicted octanol–water partition coefficient (Wildman–Crippen LogP) is 14.4. The zero-order chi connectivity index (χ0) is 43.7. The average Bonchev–Trinajstić information content (AvgIpc) is 3.71. The summed E-state index contributed by atoms with van der Waals surface area (Å²) < 4.78 is 2.31. The minimum atomic E-state index is 0.456. The molecule has 0 aliphatic carbocycles. The molecule has 0 atom stereocenters. The van der Waals surface area contributed by atoms with Crippen LogP contribution >= 0.6 is 0 Å². The van der Waals surface area contributed by atoms with Crippen LogP contribution in [0.1, 0.15) is 11.1 Å². The first-order chi connectivity index (χ1) is 32.1. The first-order valence-electron chi connectivity index (χ1n) is 21.4. The van der Waals surface area contributed by atoms with Crippen LogP contribution in [0.2, 0.25) is 0 Å². The fraction of sp³-hybridized carbons (Fsp3) is 0. The van der Waals surface area contributed by atoms with Gasteiger partial charge in [0, 0.05) is 49.7 Å². The van der Waals surface area contributed by atoms with Gasteiger partial charge in [-0.1, -0.05) is 170 Å². The van der Waals surface area contributed by atoms with Crippen molar-refractivity contribution in [3.05, 3.63) is 230 Å². The van der Waals surface area contributed by atoms with E-state index in [1.165, 1.54) is 0 Å². The van der Waals surface area contributed by atoms with Gasteiger partial charge in [0.15, 0.2) is 17.5 Å². The molecule has 11 aromatic rings. The fourth-order valence-electron chi connectivity index (χ4n) is 8.87. The second kappa shape index (κ2) is 16.6. The number of nitrogens with zero attached hydrogens (tertiary/aromatic N) is 6. The highest BCUT2D eigenvalue weighted by Crippen LogP contribution is 2.46. The third kappa shape index (κ3) is 7.08. The van der Waals surface area contributed by atoms with Crippen LogP contribution in [-0.2, 0) is 0 Å². The van der Waals surface area contributed by atoms with Gasteiger partial charge in [-0.2, -0.15) is 10.5 Å². The first kappa shape index (κ1) is 38.7. The summed E-state index contributed by atoms with van der Waals surface area (Å²) in [5.41, 5.74) is 13.7. The van der Waals surface area contributed by atoms with Crippen molar-refractivity contribution in [2.24, 2.45) is 0 Å². The summed E-state index contributed by atoms with van der Waals surface area (Å²) in [7, 11) is 0. The Hall–Kier alpha value is -9.23. The van der Waals surface area contributed by atoms with Gasteiger partial charge in [0.1, 0.15) is 0 Å². The molecule has 6 heteroatoms. The molecule has 0 saturated heterocycles. The number of fused-ring (bicyclic) bond motifs is 3. The van der Waals surface area contributed by atoms with Gasteiger partial charge in [0.05, 0.1) is 40.0 Å². The number of hydrogen-bond donors (Lipinski definition) is 0. The van der Waals surface area contributed by atoms with Crippen molar-refractivity contribution < 1.29 is 0 Å². The van der Waals surface area contributed by atoms with E-state index in [2.05, 4.69) is 114 Å². The predicted molar refractivity (Wildman–Crippen MR) is 262 cm³/mol. The van der Waals surface area contributed by atoms with Crippen molar-refractivity contribution in [3.63, 3.8) is 0 Å². The molecule has 11 rings (SSSR count). The Balaban J connectivity index is 1.28. The Kier molecular flexibility index (Phi) is 9.86. The SMILES string of the molecule is N#Cc1ccccc1-c1cc(-c2nc(-c3ccccc3)nc(-c3ccccc3)n2)cc(-c2ccccc2C#N)c1-n1c2ccc(-c3ccccc3)cc2c2cc(-c3ccccc3)ccc21. The van der Waals surface area contributed by atoms with Crippen molar-refractivity contribution in [3.8, 4) is 96.5 Å². The monoisotopic (exact) mass is 828 g/mol. The molecule has 65 heavy (non-hydrogen) atoms. The van der Waals surface area contributed by atoms with Crippen LogP contribution in [-0.4, -0.2) is 19.5 Å². The summed E-state index contributed by atoms with van der Waals surface area (Å²) >= 11 is 0. The highest BCUT2D eigenvalue weighted by Gasteiger charge is 2.25. The smallest absolute Gasteiger partial charge is 0.164 e. The van der Waals surface area contributed by atoms with Gasteiger partial charge in [0.25, 0.3) is 0 Å². The van der Waals surface area contributed by atoms with Crippen LogP contribution in [0.4, 0.5) is 0 Å². The zero-order valence-electron chi connectivity index (χ0n) is 35.0. The Morgan fingerprint density at radius 1 is 0.308 bits per heavy atom. The van der Waals surface area contributed by atoms with E-state index in [1.54, 1.807) is 0 Å². The summed E-state index contributed by atoms with van der Waals surface area (Å²) in [6, 6.07) is 78.5. The lowest BCUT2D eigenvalue weighted by Gasteiger charge is -2.22. The molecule has 0 radical (unpaired) electrons. The Bertz CT molecular complexity index is 3430. The van der Waals surface area contributed by atoms with Gasteiger partial charge in [0.2, 0.25) is 0 Å². The molecule has 2 aromatic heterocycles. The van der Waals surface area contributed by atoms with E-state index in [-0.39, 0.29) is 0 Å². The molecule has 302 valence electrons. The van der Waals surface area contributed by atoms with Crippen LogP contribution in [0.15, 0.2) is 218 Å². The lowest BCUT2D eigenvalue weighted by Crippen LogP contribution is -2.05. The van der Waals surface area contributed by atoms with Gasteiger partial charge in [-0.15, -0.1) is 0 Å². The lowest BCUT2D eigenvalue weighted by molar-refractivity contribution is 1.07. The summed E-state index contributed by atoms with van der Waals surface area (Å²) in [6.45, 7) is 0. The largest absolute Gasteiger partial charge is 0.308 e. The molecular formula is C59H36N6. The van der Waals surface area contributed by atoms with Crippen LogP contribution in [0.3, 0.4) is 0 Å². The van der Waals surface area contributed by atoms with Gasteiger partial charge < -0.3 is 4.57 Å². The van der Waals surface area contributed by atoms with Gasteiger partial charge in [-0.05, 0) is 70.8 Å². The molecule has 0 N–H and O–H groups in total. The molecule has 0 spiro atoms. The van der Waals surface area contributed by atoms with Crippen LogP contribution in [0.25, 0.3) is 106 Å². The Morgan fingerprint density at radius 3 is 1.06 bits per heavy atom. The number of benzene rings is 9. The molecule has 2 heterocycles. The average molecular weight is 829 g/mol. The molecule has 0 unspecified atom stereocenters. The maximum absolute atomic E-state index is 10.8. The second-order valence-corrected chi connectivity index (χ2v) is 15.8. The molecule has 6 nitrogen and oxygen atoms in total. The lowest BCUT2D eigenvalue weighted by atomic mass is 9.89. The third-order valence-electron chi connectivity index (χ3n) is 11.9. The number of hydrogen-bond acceptors (Lipinski definition) is 5. The summed E-state index contributed by atoms with van der Waals surface area (Å²) in [6.07, 6.45) is 0. The van der Waals surface area contributed by atoms with E-state index < -0.39 is 0 Å². The van der Waals surface area contributed by atoms with Crippen LogP contribution < -0.4 is 0 Å². The van der Waals surface area contributed by atoms with Crippen molar-refractivity contribution in [2.75, 3.05) is 0 Å². The maximum Gasteiger partial charge on any atom is 0.164 e. The van der Waals surface area contributed by atoms with Gasteiger partial charge in [-0.25, -0.2) is 15.0 Å². The number of aromatic nitrogens is 4. The van der Waals surface area contributed by atoms with E-state index >= 15 is 0 Å². The quantitative estimate of drug-likeness (QED) is 0.152. The van der Waals surface area contributed by atoms with E-state index in [1.807, 2.05) is 121 Å². The highest BCUT2D eigenvalue weighted by atomic mass is 15.0. The maximum atomic E-state index is 10.8. The van der Waals surface area contributed by atoms with E-state index in [0.29, 0.717) is 34.2 Å². The highest BCUT2D eigenvalue weighted by molar-refractivity contribution is 6.13. The van der Waals surface area contributed by atoms with E-state index in [4.69, 9.17) is 15.0 Å². The van der Waals surface area contributed by atoms with Crippen molar-refractivity contribution in [1.29, 1.82) is 10.5 Å². The van der Waals surface area contributed by atoms with Crippen LogP contribution in [0.5, 0.6) is 0 Å². The van der Waals surface area contributed by atoms with Crippen molar-refractivity contribution in [1.82, 2.24) is 19.5 Å². The minimum absolute atomic E-state index is 0.456.